The van der Waals surface area contributed by atoms with Gasteiger partial charge in [-0.05, 0) is 31.7 Å². The van der Waals surface area contributed by atoms with Gasteiger partial charge in [-0.3, -0.25) is 0 Å². The van der Waals surface area contributed by atoms with Gasteiger partial charge in [-0.25, -0.2) is 4.98 Å². The van der Waals surface area contributed by atoms with E-state index in [-0.39, 0.29) is 0 Å². The van der Waals surface area contributed by atoms with Crippen LogP contribution in [-0.4, -0.2) is 18.6 Å². The van der Waals surface area contributed by atoms with Gasteiger partial charge in [0, 0.05) is 18.3 Å². The SMILES string of the molecule is CCCOc1ccccc1Oc1ncccc1CNC. The molecule has 0 spiro atoms. The smallest absolute Gasteiger partial charge is 0.223 e. The summed E-state index contributed by atoms with van der Waals surface area (Å²) in [5.41, 5.74) is 1.01. The highest BCUT2D eigenvalue weighted by atomic mass is 16.5. The van der Waals surface area contributed by atoms with E-state index in [0.29, 0.717) is 24.8 Å². The Balaban J connectivity index is 2.21. The highest BCUT2D eigenvalue weighted by Gasteiger charge is 2.09. The van der Waals surface area contributed by atoms with Crippen molar-refractivity contribution >= 4 is 0 Å². The highest BCUT2D eigenvalue weighted by molar-refractivity contribution is 5.42. The van der Waals surface area contributed by atoms with E-state index in [4.69, 9.17) is 9.47 Å². The maximum absolute atomic E-state index is 5.91. The van der Waals surface area contributed by atoms with Crippen molar-refractivity contribution in [2.75, 3.05) is 13.7 Å². The molecule has 1 heterocycles. The first-order valence-electron chi connectivity index (χ1n) is 6.83. The Kier molecular flexibility index (Phi) is 5.38. The Labute approximate surface area is 119 Å². The van der Waals surface area contributed by atoms with E-state index < -0.39 is 0 Å². The van der Waals surface area contributed by atoms with Gasteiger partial charge in [-0.15, -0.1) is 0 Å². The predicted octanol–water partition coefficient (Wildman–Crippen LogP) is 3.38. The summed E-state index contributed by atoms with van der Waals surface area (Å²) in [6, 6.07) is 11.6. The summed E-state index contributed by atoms with van der Waals surface area (Å²) < 4.78 is 11.6. The van der Waals surface area contributed by atoms with E-state index in [1.165, 1.54) is 0 Å². The molecule has 0 fully saturated rings. The van der Waals surface area contributed by atoms with Crippen LogP contribution in [0.2, 0.25) is 0 Å². The largest absolute Gasteiger partial charge is 0.490 e. The fourth-order valence-corrected chi connectivity index (χ4v) is 1.81. The molecule has 0 saturated heterocycles. The van der Waals surface area contributed by atoms with Crippen molar-refractivity contribution in [3.05, 3.63) is 48.2 Å². The van der Waals surface area contributed by atoms with Gasteiger partial charge in [0.2, 0.25) is 5.88 Å². The van der Waals surface area contributed by atoms with Crippen molar-refractivity contribution in [3.63, 3.8) is 0 Å². The maximum Gasteiger partial charge on any atom is 0.223 e. The van der Waals surface area contributed by atoms with E-state index >= 15 is 0 Å². The monoisotopic (exact) mass is 272 g/mol. The van der Waals surface area contributed by atoms with Crippen molar-refractivity contribution in [1.82, 2.24) is 10.3 Å². The van der Waals surface area contributed by atoms with Crippen LogP contribution in [0.15, 0.2) is 42.6 Å². The van der Waals surface area contributed by atoms with Gasteiger partial charge >= 0.3 is 0 Å². The standard InChI is InChI=1S/C16H20N2O2/c1-3-11-19-14-8-4-5-9-15(14)20-16-13(12-17-2)7-6-10-18-16/h4-10,17H,3,11-12H2,1-2H3. The van der Waals surface area contributed by atoms with E-state index in [9.17, 15) is 0 Å². The number of pyridine rings is 1. The number of nitrogens with zero attached hydrogens (tertiary/aromatic N) is 1. The topological polar surface area (TPSA) is 43.4 Å². The molecule has 0 aliphatic rings. The second-order valence-electron chi connectivity index (χ2n) is 4.40. The Bertz CT molecular complexity index is 544. The summed E-state index contributed by atoms with van der Waals surface area (Å²) in [6.07, 6.45) is 2.69. The van der Waals surface area contributed by atoms with E-state index in [1.807, 2.05) is 43.4 Å². The van der Waals surface area contributed by atoms with Crippen LogP contribution in [0.1, 0.15) is 18.9 Å². The molecule has 20 heavy (non-hydrogen) atoms. The fraction of sp³-hybridized carbons (Fsp3) is 0.312. The molecule has 0 radical (unpaired) electrons. The zero-order valence-electron chi connectivity index (χ0n) is 11.9. The lowest BCUT2D eigenvalue weighted by Crippen LogP contribution is -2.07. The van der Waals surface area contributed by atoms with Gasteiger partial charge in [0.1, 0.15) is 0 Å². The fourth-order valence-electron chi connectivity index (χ4n) is 1.81. The Hall–Kier alpha value is -2.07. The Morgan fingerprint density at radius 3 is 2.65 bits per heavy atom. The minimum atomic E-state index is 0.606. The molecule has 1 N–H and O–H groups in total. The second kappa shape index (κ2) is 7.50. The lowest BCUT2D eigenvalue weighted by molar-refractivity contribution is 0.300. The Morgan fingerprint density at radius 2 is 1.90 bits per heavy atom. The molecule has 0 amide bonds. The molecule has 0 saturated carbocycles. The molecule has 4 nitrogen and oxygen atoms in total. The highest BCUT2D eigenvalue weighted by Crippen LogP contribution is 2.31. The van der Waals surface area contributed by atoms with Crippen molar-refractivity contribution in [1.29, 1.82) is 0 Å². The lowest BCUT2D eigenvalue weighted by Gasteiger charge is -2.13. The maximum atomic E-state index is 5.91. The third-order valence-corrected chi connectivity index (χ3v) is 2.73. The second-order valence-corrected chi connectivity index (χ2v) is 4.40. The van der Waals surface area contributed by atoms with E-state index in [2.05, 4.69) is 17.2 Å². The van der Waals surface area contributed by atoms with Crippen LogP contribution in [0.25, 0.3) is 0 Å². The summed E-state index contributed by atoms with van der Waals surface area (Å²) in [5.74, 6) is 2.04. The molecule has 0 unspecified atom stereocenters. The minimum Gasteiger partial charge on any atom is -0.490 e. The summed E-state index contributed by atoms with van der Waals surface area (Å²) in [5, 5.41) is 3.11. The zero-order chi connectivity index (χ0) is 14.2. The number of benzene rings is 1. The molecule has 0 aliphatic heterocycles. The van der Waals surface area contributed by atoms with Crippen molar-refractivity contribution < 1.29 is 9.47 Å². The van der Waals surface area contributed by atoms with Gasteiger partial charge < -0.3 is 14.8 Å². The number of aromatic nitrogens is 1. The first-order valence-corrected chi connectivity index (χ1v) is 6.83. The van der Waals surface area contributed by atoms with Crippen LogP contribution in [0.5, 0.6) is 17.4 Å². The molecule has 106 valence electrons. The normalized spacial score (nSPS) is 10.3. The van der Waals surface area contributed by atoms with Crippen LogP contribution in [0, 0.1) is 0 Å². The summed E-state index contributed by atoms with van der Waals surface area (Å²) >= 11 is 0. The van der Waals surface area contributed by atoms with E-state index in [1.54, 1.807) is 6.20 Å². The van der Waals surface area contributed by atoms with Crippen LogP contribution in [0.3, 0.4) is 0 Å². The van der Waals surface area contributed by atoms with Gasteiger partial charge in [-0.1, -0.05) is 25.1 Å². The lowest BCUT2D eigenvalue weighted by atomic mass is 10.2. The molecule has 4 heteroatoms. The van der Waals surface area contributed by atoms with Gasteiger partial charge in [-0.2, -0.15) is 0 Å². The van der Waals surface area contributed by atoms with Crippen LogP contribution in [-0.2, 0) is 6.54 Å². The zero-order valence-corrected chi connectivity index (χ0v) is 11.9. The average Bonchev–Trinajstić information content (AvgIpc) is 2.49. The number of nitrogens with one attached hydrogen (secondary N) is 1. The van der Waals surface area contributed by atoms with Crippen molar-refractivity contribution in [2.45, 2.75) is 19.9 Å². The number of ether oxygens (including phenoxy) is 2. The number of hydrogen-bond acceptors (Lipinski definition) is 4. The van der Waals surface area contributed by atoms with Gasteiger partial charge in [0.05, 0.1) is 6.61 Å². The predicted molar refractivity (Wildman–Crippen MR) is 79.3 cm³/mol. The Morgan fingerprint density at radius 1 is 1.10 bits per heavy atom. The van der Waals surface area contributed by atoms with Crippen LogP contribution in [0.4, 0.5) is 0 Å². The molecular weight excluding hydrogens is 252 g/mol. The molecule has 0 bridgehead atoms. The number of rotatable bonds is 7. The molecule has 1 aromatic heterocycles. The minimum absolute atomic E-state index is 0.606. The summed E-state index contributed by atoms with van der Waals surface area (Å²) in [6.45, 7) is 3.46. The first kappa shape index (κ1) is 14.3. The first-order chi connectivity index (χ1) is 9.85. The van der Waals surface area contributed by atoms with E-state index in [0.717, 1.165) is 17.7 Å². The molecule has 2 aromatic rings. The number of para-hydroxylation sites is 2. The quantitative estimate of drug-likeness (QED) is 0.839. The van der Waals surface area contributed by atoms with Crippen LogP contribution >= 0.6 is 0 Å². The van der Waals surface area contributed by atoms with Crippen molar-refractivity contribution in [2.24, 2.45) is 0 Å². The molecule has 2 rings (SSSR count). The van der Waals surface area contributed by atoms with Crippen molar-refractivity contribution in [3.8, 4) is 17.4 Å². The third kappa shape index (κ3) is 3.71. The third-order valence-electron chi connectivity index (χ3n) is 2.73. The van der Waals surface area contributed by atoms with Crippen LogP contribution < -0.4 is 14.8 Å². The summed E-state index contributed by atoms with van der Waals surface area (Å²) in [4.78, 5) is 4.30. The number of hydrogen-bond donors (Lipinski definition) is 1. The summed E-state index contributed by atoms with van der Waals surface area (Å²) in [7, 11) is 1.90. The van der Waals surface area contributed by atoms with Gasteiger partial charge in [0.25, 0.3) is 0 Å². The average molecular weight is 272 g/mol. The molecule has 0 aliphatic carbocycles. The molecule has 1 aromatic carbocycles. The molecule has 0 atom stereocenters. The molecular formula is C16H20N2O2. The van der Waals surface area contributed by atoms with Gasteiger partial charge in [0.15, 0.2) is 11.5 Å².